The lowest BCUT2D eigenvalue weighted by atomic mass is 10.1. The number of fused-ring (bicyclic) bond motifs is 1. The van der Waals surface area contributed by atoms with Crippen LogP contribution in [0.5, 0.6) is 0 Å². The highest BCUT2D eigenvalue weighted by atomic mass is 16.2. The fraction of sp³-hybridized carbons (Fsp3) is 0.524. The molecular formula is C21H27N5O2. The van der Waals surface area contributed by atoms with Gasteiger partial charge >= 0.3 is 0 Å². The van der Waals surface area contributed by atoms with Gasteiger partial charge in [0.25, 0.3) is 0 Å². The number of anilines is 1. The molecule has 0 saturated carbocycles. The van der Waals surface area contributed by atoms with E-state index in [0.717, 1.165) is 54.3 Å². The van der Waals surface area contributed by atoms with E-state index in [2.05, 4.69) is 20.1 Å². The number of rotatable bonds is 4. The minimum absolute atomic E-state index is 0.00481. The number of aromatic nitrogens is 3. The number of hydrogen-bond acceptors (Lipinski definition) is 4. The summed E-state index contributed by atoms with van der Waals surface area (Å²) in [6.45, 7) is 5.75. The number of benzene rings is 1. The Labute approximate surface area is 165 Å². The second-order valence-corrected chi connectivity index (χ2v) is 7.84. The number of hydrogen-bond donors (Lipinski definition) is 1. The van der Waals surface area contributed by atoms with E-state index in [9.17, 15) is 9.59 Å². The van der Waals surface area contributed by atoms with Crippen LogP contribution in [0.3, 0.4) is 0 Å². The van der Waals surface area contributed by atoms with E-state index in [-0.39, 0.29) is 24.2 Å². The Balaban J connectivity index is 1.40. The smallest absolute Gasteiger partial charge is 0.227 e. The highest BCUT2D eigenvalue weighted by molar-refractivity contribution is 6.00. The highest BCUT2D eigenvalue weighted by Crippen LogP contribution is 2.29. The average molecular weight is 381 g/mol. The van der Waals surface area contributed by atoms with Gasteiger partial charge in [-0.1, -0.05) is 18.6 Å². The van der Waals surface area contributed by atoms with E-state index in [0.29, 0.717) is 13.1 Å². The Morgan fingerprint density at radius 2 is 2.07 bits per heavy atom. The minimum atomic E-state index is -0.334. The summed E-state index contributed by atoms with van der Waals surface area (Å²) in [7, 11) is 0. The van der Waals surface area contributed by atoms with Crippen LogP contribution in [0, 0.1) is 19.8 Å². The number of amides is 2. The summed E-state index contributed by atoms with van der Waals surface area (Å²) in [5.41, 5.74) is 3.14. The van der Waals surface area contributed by atoms with Crippen LogP contribution in [0.4, 0.5) is 5.69 Å². The number of nitrogens with one attached hydrogen (secondary N) is 1. The zero-order valence-corrected chi connectivity index (χ0v) is 16.6. The van der Waals surface area contributed by atoms with Crippen LogP contribution in [-0.2, 0) is 29.1 Å². The molecule has 148 valence electrons. The molecule has 2 aliphatic rings. The van der Waals surface area contributed by atoms with Crippen molar-refractivity contribution in [3.8, 4) is 0 Å². The molecule has 2 amide bonds. The van der Waals surface area contributed by atoms with Gasteiger partial charge in [0.1, 0.15) is 5.82 Å². The molecule has 28 heavy (non-hydrogen) atoms. The molecule has 2 aromatic rings. The summed E-state index contributed by atoms with van der Waals surface area (Å²) in [4.78, 5) is 27.0. The molecule has 1 aromatic carbocycles. The van der Waals surface area contributed by atoms with Gasteiger partial charge in [-0.25, -0.2) is 0 Å². The molecule has 0 radical (unpaired) electrons. The molecular weight excluding hydrogens is 354 g/mol. The summed E-state index contributed by atoms with van der Waals surface area (Å²) in [6.07, 6.45) is 4.66. The van der Waals surface area contributed by atoms with E-state index in [1.54, 1.807) is 4.90 Å². The zero-order chi connectivity index (χ0) is 19.7. The Morgan fingerprint density at radius 3 is 2.93 bits per heavy atom. The van der Waals surface area contributed by atoms with Crippen LogP contribution in [0.2, 0.25) is 0 Å². The lowest BCUT2D eigenvalue weighted by Gasteiger charge is -2.20. The first-order valence-corrected chi connectivity index (χ1v) is 10.1. The molecule has 1 N–H and O–H groups in total. The third-order valence-corrected chi connectivity index (χ3v) is 5.97. The van der Waals surface area contributed by atoms with E-state index < -0.39 is 0 Å². The van der Waals surface area contributed by atoms with Crippen LogP contribution in [0.15, 0.2) is 18.2 Å². The summed E-state index contributed by atoms with van der Waals surface area (Å²) in [5, 5.41) is 11.5. The van der Waals surface area contributed by atoms with Gasteiger partial charge in [-0.15, -0.1) is 10.2 Å². The molecule has 0 bridgehead atoms. The maximum absolute atomic E-state index is 12.7. The summed E-state index contributed by atoms with van der Waals surface area (Å²) in [6, 6.07) is 5.94. The van der Waals surface area contributed by atoms with Crippen molar-refractivity contribution in [1.29, 1.82) is 0 Å². The van der Waals surface area contributed by atoms with Crippen LogP contribution < -0.4 is 10.2 Å². The largest absolute Gasteiger partial charge is 0.348 e. The molecule has 3 heterocycles. The van der Waals surface area contributed by atoms with Crippen molar-refractivity contribution in [3.05, 3.63) is 41.0 Å². The molecule has 1 fully saturated rings. The first kappa shape index (κ1) is 18.7. The predicted molar refractivity (Wildman–Crippen MR) is 106 cm³/mol. The van der Waals surface area contributed by atoms with Crippen molar-refractivity contribution in [2.24, 2.45) is 5.92 Å². The third kappa shape index (κ3) is 3.53. The van der Waals surface area contributed by atoms with E-state index in [1.165, 1.54) is 6.42 Å². The lowest BCUT2D eigenvalue weighted by molar-refractivity contribution is -0.126. The average Bonchev–Trinajstić information content (AvgIpc) is 3.17. The van der Waals surface area contributed by atoms with Gasteiger partial charge in [0.15, 0.2) is 5.82 Å². The number of aryl methyl sites for hydroxylation is 2. The van der Waals surface area contributed by atoms with Crippen LogP contribution in [-0.4, -0.2) is 33.1 Å². The SMILES string of the molecule is Cc1cccc(N2CC(C(=O)NCc3nnc4n3CCCCC4)CC2=O)c1C. The number of carbonyl (C=O) groups is 2. The molecule has 1 saturated heterocycles. The Hall–Kier alpha value is -2.70. The fourth-order valence-electron chi connectivity index (χ4n) is 4.13. The van der Waals surface area contributed by atoms with Crippen LogP contribution >= 0.6 is 0 Å². The van der Waals surface area contributed by atoms with Crippen molar-refractivity contribution >= 4 is 17.5 Å². The van der Waals surface area contributed by atoms with Gasteiger partial charge in [0.05, 0.1) is 12.5 Å². The normalized spacial score (nSPS) is 19.4. The van der Waals surface area contributed by atoms with E-state index >= 15 is 0 Å². The zero-order valence-electron chi connectivity index (χ0n) is 16.6. The quantitative estimate of drug-likeness (QED) is 0.881. The van der Waals surface area contributed by atoms with Crippen LogP contribution in [0.1, 0.15) is 48.5 Å². The standard InChI is InChI=1S/C21H27N5O2/c1-14-7-6-8-17(15(14)2)26-13-16(11-20(26)27)21(28)22-12-19-24-23-18-9-4-3-5-10-25(18)19/h6-8,16H,3-5,9-13H2,1-2H3,(H,22,28). The molecule has 0 aliphatic carbocycles. The van der Waals surface area contributed by atoms with Gasteiger partial charge in [-0.05, 0) is 43.9 Å². The van der Waals surface area contributed by atoms with Gasteiger partial charge in [-0.2, -0.15) is 0 Å². The first-order valence-electron chi connectivity index (χ1n) is 10.1. The van der Waals surface area contributed by atoms with Crippen molar-refractivity contribution in [1.82, 2.24) is 20.1 Å². The fourth-order valence-corrected chi connectivity index (χ4v) is 4.13. The van der Waals surface area contributed by atoms with Crippen molar-refractivity contribution < 1.29 is 9.59 Å². The molecule has 1 unspecified atom stereocenters. The third-order valence-electron chi connectivity index (χ3n) is 5.97. The Kier molecular flexibility index (Phi) is 5.15. The van der Waals surface area contributed by atoms with Gasteiger partial charge < -0.3 is 14.8 Å². The number of nitrogens with zero attached hydrogens (tertiary/aromatic N) is 4. The maximum atomic E-state index is 12.7. The molecule has 7 nitrogen and oxygen atoms in total. The highest BCUT2D eigenvalue weighted by Gasteiger charge is 2.35. The van der Waals surface area contributed by atoms with Gasteiger partial charge in [0.2, 0.25) is 11.8 Å². The maximum Gasteiger partial charge on any atom is 0.227 e. The summed E-state index contributed by atoms with van der Waals surface area (Å²) in [5.74, 6) is 1.40. The van der Waals surface area contributed by atoms with E-state index in [4.69, 9.17) is 0 Å². The van der Waals surface area contributed by atoms with Crippen molar-refractivity contribution in [2.75, 3.05) is 11.4 Å². The summed E-state index contributed by atoms with van der Waals surface area (Å²) < 4.78 is 2.13. The van der Waals surface area contributed by atoms with Crippen molar-refractivity contribution in [2.45, 2.75) is 59.0 Å². The second kappa shape index (κ2) is 7.73. The Morgan fingerprint density at radius 1 is 1.21 bits per heavy atom. The van der Waals surface area contributed by atoms with Crippen LogP contribution in [0.25, 0.3) is 0 Å². The molecule has 1 atom stereocenters. The molecule has 4 rings (SSSR count). The predicted octanol–water partition coefficient (Wildman–Crippen LogP) is 2.29. The monoisotopic (exact) mass is 381 g/mol. The van der Waals surface area contributed by atoms with Crippen molar-refractivity contribution in [3.63, 3.8) is 0 Å². The Bertz CT molecular complexity index is 904. The topological polar surface area (TPSA) is 80.1 Å². The van der Waals surface area contributed by atoms with Gasteiger partial charge in [-0.3, -0.25) is 9.59 Å². The first-order chi connectivity index (χ1) is 13.5. The molecule has 7 heteroatoms. The lowest BCUT2D eigenvalue weighted by Crippen LogP contribution is -2.33. The molecule has 2 aliphatic heterocycles. The van der Waals surface area contributed by atoms with E-state index in [1.807, 2.05) is 32.0 Å². The van der Waals surface area contributed by atoms with Gasteiger partial charge in [0, 0.05) is 31.6 Å². The number of carbonyl (C=O) groups excluding carboxylic acids is 2. The molecule has 1 aromatic heterocycles. The second-order valence-electron chi connectivity index (χ2n) is 7.84. The molecule has 0 spiro atoms. The minimum Gasteiger partial charge on any atom is -0.348 e. The summed E-state index contributed by atoms with van der Waals surface area (Å²) >= 11 is 0.